The molecule has 3 aliphatic rings. The van der Waals surface area contributed by atoms with Crippen LogP contribution in [0.3, 0.4) is 0 Å². The summed E-state index contributed by atoms with van der Waals surface area (Å²) >= 11 is 0. The lowest BCUT2D eigenvalue weighted by Crippen LogP contribution is -2.50. The molecule has 0 unspecified atom stereocenters. The van der Waals surface area contributed by atoms with Crippen molar-refractivity contribution in [3.8, 4) is 0 Å². The van der Waals surface area contributed by atoms with Crippen LogP contribution in [-0.4, -0.2) is 78.1 Å². The van der Waals surface area contributed by atoms with E-state index in [2.05, 4.69) is 5.16 Å². The molecule has 146 valence electrons. The molecule has 0 bridgehead atoms. The summed E-state index contributed by atoms with van der Waals surface area (Å²) in [5, 5.41) is 3.80. The summed E-state index contributed by atoms with van der Waals surface area (Å²) in [6, 6.07) is 1.11. The Morgan fingerprint density at radius 2 is 1.85 bits per heavy atom. The van der Waals surface area contributed by atoms with E-state index in [1.54, 1.807) is 13.0 Å². The summed E-state index contributed by atoms with van der Waals surface area (Å²) in [5.74, 6) is 0.460. The van der Waals surface area contributed by atoms with Crippen LogP contribution in [0.4, 0.5) is 5.82 Å². The van der Waals surface area contributed by atoms with Crippen LogP contribution in [0.2, 0.25) is 0 Å². The van der Waals surface area contributed by atoms with Crippen LogP contribution in [0.1, 0.15) is 25.0 Å². The number of aryl methyl sites for hydroxylation is 1. The zero-order chi connectivity index (χ0) is 19.0. The number of carbonyl (C=O) groups excluding carboxylic acids is 3. The molecule has 3 aliphatic heterocycles. The Hall–Kier alpha value is -2.26. The van der Waals surface area contributed by atoms with Crippen molar-refractivity contribution in [1.82, 2.24) is 15.0 Å². The van der Waals surface area contributed by atoms with Gasteiger partial charge in [-0.3, -0.25) is 19.3 Å². The fraction of sp³-hybridized carbons (Fsp3) is 0.667. The first-order chi connectivity index (χ1) is 13.0. The van der Waals surface area contributed by atoms with Gasteiger partial charge in [0.15, 0.2) is 5.82 Å². The second-order valence-corrected chi connectivity index (χ2v) is 7.33. The third-order valence-electron chi connectivity index (χ3n) is 5.61. The van der Waals surface area contributed by atoms with Crippen molar-refractivity contribution in [3.63, 3.8) is 0 Å². The van der Waals surface area contributed by atoms with Crippen LogP contribution in [-0.2, 0) is 19.1 Å². The van der Waals surface area contributed by atoms with Gasteiger partial charge in [0, 0.05) is 25.1 Å². The molecule has 1 aromatic heterocycles. The first kappa shape index (κ1) is 18.1. The molecule has 0 N–H and O–H groups in total. The third kappa shape index (κ3) is 3.49. The Morgan fingerprint density at radius 3 is 2.48 bits per heavy atom. The van der Waals surface area contributed by atoms with E-state index in [0.717, 1.165) is 4.90 Å². The minimum absolute atomic E-state index is 0.0131. The van der Waals surface area contributed by atoms with E-state index in [0.29, 0.717) is 58.0 Å². The topological polar surface area (TPSA) is 96.2 Å². The van der Waals surface area contributed by atoms with Gasteiger partial charge in [-0.2, -0.15) is 0 Å². The average Bonchev–Trinajstić information content (AvgIpc) is 3.24. The van der Waals surface area contributed by atoms with Crippen LogP contribution in [0.25, 0.3) is 0 Å². The van der Waals surface area contributed by atoms with Crippen molar-refractivity contribution in [2.24, 2.45) is 5.92 Å². The second-order valence-electron chi connectivity index (χ2n) is 7.33. The number of nitrogens with zero attached hydrogens (tertiary/aromatic N) is 4. The monoisotopic (exact) mass is 376 g/mol. The van der Waals surface area contributed by atoms with Crippen LogP contribution < -0.4 is 4.90 Å². The van der Waals surface area contributed by atoms with E-state index in [1.165, 1.54) is 0 Å². The molecule has 1 atom stereocenters. The lowest BCUT2D eigenvalue weighted by Gasteiger charge is -2.37. The van der Waals surface area contributed by atoms with E-state index in [9.17, 15) is 14.4 Å². The average molecular weight is 376 g/mol. The van der Waals surface area contributed by atoms with E-state index < -0.39 is 6.04 Å². The van der Waals surface area contributed by atoms with E-state index in [4.69, 9.17) is 9.26 Å². The summed E-state index contributed by atoms with van der Waals surface area (Å²) in [7, 11) is 0. The molecule has 3 amide bonds. The molecule has 9 heteroatoms. The minimum atomic E-state index is -0.478. The molecular weight excluding hydrogens is 352 g/mol. The van der Waals surface area contributed by atoms with Crippen molar-refractivity contribution in [3.05, 3.63) is 11.8 Å². The minimum Gasteiger partial charge on any atom is -0.378 e. The number of piperidine rings is 1. The number of likely N-dealkylation sites (tertiary alicyclic amines) is 1. The van der Waals surface area contributed by atoms with Crippen molar-refractivity contribution in [1.29, 1.82) is 0 Å². The van der Waals surface area contributed by atoms with Gasteiger partial charge in [0.1, 0.15) is 5.76 Å². The molecule has 27 heavy (non-hydrogen) atoms. The Bertz CT molecular complexity index is 734. The first-order valence-corrected chi connectivity index (χ1v) is 9.45. The lowest BCUT2D eigenvalue weighted by molar-refractivity contribution is -0.141. The summed E-state index contributed by atoms with van der Waals surface area (Å²) in [5.41, 5.74) is 0. The predicted molar refractivity (Wildman–Crippen MR) is 93.8 cm³/mol. The molecule has 0 aromatic carbocycles. The third-order valence-corrected chi connectivity index (χ3v) is 5.61. The van der Waals surface area contributed by atoms with Crippen LogP contribution >= 0.6 is 0 Å². The number of anilines is 1. The zero-order valence-corrected chi connectivity index (χ0v) is 15.4. The van der Waals surface area contributed by atoms with E-state index in [1.807, 2.05) is 9.80 Å². The Labute approximate surface area is 157 Å². The number of imide groups is 1. The predicted octanol–water partition coefficient (Wildman–Crippen LogP) is 0.186. The molecule has 0 aliphatic carbocycles. The normalized spacial score (nSPS) is 25.4. The van der Waals surface area contributed by atoms with Crippen molar-refractivity contribution in [2.45, 2.75) is 32.2 Å². The van der Waals surface area contributed by atoms with Gasteiger partial charge < -0.3 is 14.2 Å². The molecule has 4 rings (SSSR count). The van der Waals surface area contributed by atoms with Gasteiger partial charge in [0.2, 0.25) is 11.8 Å². The SMILES string of the molecule is Cc1cc(N2C(=O)C[C@@H](N3CCC(C(=O)N4CCOCC4)CC3)C2=O)no1. The summed E-state index contributed by atoms with van der Waals surface area (Å²) in [6.45, 7) is 5.49. The molecule has 0 saturated carbocycles. The standard InChI is InChI=1S/C18H24N4O5/c1-12-10-15(19-27-12)22-16(23)11-14(18(22)25)20-4-2-13(3-5-20)17(24)21-6-8-26-9-7-21/h10,13-14H,2-9,11H2,1H3/t14-/m1/s1. The van der Waals surface area contributed by atoms with Crippen LogP contribution in [0.15, 0.2) is 10.6 Å². The summed E-state index contributed by atoms with van der Waals surface area (Å²) in [4.78, 5) is 42.8. The highest BCUT2D eigenvalue weighted by atomic mass is 16.5. The van der Waals surface area contributed by atoms with Gasteiger partial charge in [-0.15, -0.1) is 0 Å². The van der Waals surface area contributed by atoms with Gasteiger partial charge in [-0.1, -0.05) is 5.16 Å². The van der Waals surface area contributed by atoms with E-state index in [-0.39, 0.29) is 35.9 Å². The number of ether oxygens (including phenoxy) is 1. The van der Waals surface area contributed by atoms with Gasteiger partial charge >= 0.3 is 0 Å². The Balaban J connectivity index is 1.36. The maximum absolute atomic E-state index is 12.8. The number of carbonyl (C=O) groups is 3. The first-order valence-electron chi connectivity index (χ1n) is 9.45. The molecule has 9 nitrogen and oxygen atoms in total. The van der Waals surface area contributed by atoms with E-state index >= 15 is 0 Å². The number of amides is 3. The van der Waals surface area contributed by atoms with Gasteiger partial charge in [-0.05, 0) is 32.9 Å². The summed E-state index contributed by atoms with van der Waals surface area (Å²) < 4.78 is 10.3. The maximum Gasteiger partial charge on any atom is 0.252 e. The highest BCUT2D eigenvalue weighted by molar-refractivity contribution is 6.21. The van der Waals surface area contributed by atoms with Gasteiger partial charge in [0.25, 0.3) is 5.91 Å². The second kappa shape index (κ2) is 7.40. The summed E-state index contributed by atoms with van der Waals surface area (Å²) in [6.07, 6.45) is 1.56. The Morgan fingerprint density at radius 1 is 1.15 bits per heavy atom. The number of hydrogen-bond donors (Lipinski definition) is 0. The fourth-order valence-corrected chi connectivity index (χ4v) is 4.10. The number of aromatic nitrogens is 1. The number of morpholine rings is 1. The largest absolute Gasteiger partial charge is 0.378 e. The van der Waals surface area contributed by atoms with Crippen molar-refractivity contribution < 1.29 is 23.6 Å². The van der Waals surface area contributed by atoms with Crippen LogP contribution in [0, 0.1) is 12.8 Å². The molecule has 3 fully saturated rings. The molecule has 0 radical (unpaired) electrons. The fourth-order valence-electron chi connectivity index (χ4n) is 4.10. The van der Waals surface area contributed by atoms with Gasteiger partial charge in [0.05, 0.1) is 25.7 Å². The smallest absolute Gasteiger partial charge is 0.252 e. The van der Waals surface area contributed by atoms with Crippen molar-refractivity contribution >= 4 is 23.5 Å². The Kier molecular flexibility index (Phi) is 4.96. The highest BCUT2D eigenvalue weighted by Gasteiger charge is 2.45. The number of hydrogen-bond acceptors (Lipinski definition) is 7. The lowest BCUT2D eigenvalue weighted by atomic mass is 9.94. The molecule has 0 spiro atoms. The molecule has 4 heterocycles. The molecule has 3 saturated heterocycles. The quantitative estimate of drug-likeness (QED) is 0.695. The molecular formula is C18H24N4O5. The van der Waals surface area contributed by atoms with Gasteiger partial charge in [-0.25, -0.2) is 4.90 Å². The number of rotatable bonds is 3. The highest BCUT2D eigenvalue weighted by Crippen LogP contribution is 2.29. The van der Waals surface area contributed by atoms with Crippen molar-refractivity contribution in [2.75, 3.05) is 44.3 Å². The zero-order valence-electron chi connectivity index (χ0n) is 15.4. The molecule has 1 aromatic rings. The maximum atomic E-state index is 12.8. The van der Waals surface area contributed by atoms with Crippen LogP contribution in [0.5, 0.6) is 0 Å².